The van der Waals surface area contributed by atoms with Gasteiger partial charge < -0.3 is 14.8 Å². The molecule has 0 unspecified atom stereocenters. The van der Waals surface area contributed by atoms with Crippen LogP contribution in [0.4, 0.5) is 10.1 Å². The van der Waals surface area contributed by atoms with E-state index in [1.54, 1.807) is 18.2 Å². The predicted molar refractivity (Wildman–Crippen MR) is 71.7 cm³/mol. The van der Waals surface area contributed by atoms with Gasteiger partial charge in [0.25, 0.3) is 5.91 Å². The van der Waals surface area contributed by atoms with Gasteiger partial charge in [-0.3, -0.25) is 4.79 Å². The van der Waals surface area contributed by atoms with E-state index in [0.29, 0.717) is 17.2 Å². The first-order valence-electron chi connectivity index (χ1n) is 5.79. The van der Waals surface area contributed by atoms with E-state index in [1.165, 1.54) is 20.3 Å². The zero-order chi connectivity index (χ0) is 14.5. The molecule has 6 heteroatoms. The Morgan fingerprint density at radius 2 is 2.00 bits per heavy atom. The monoisotopic (exact) mass is 276 g/mol. The number of halogens is 1. The van der Waals surface area contributed by atoms with Gasteiger partial charge in [0.1, 0.15) is 11.5 Å². The fourth-order valence-electron chi connectivity index (χ4n) is 1.62. The molecule has 0 aliphatic heterocycles. The lowest BCUT2D eigenvalue weighted by Crippen LogP contribution is -2.13. The van der Waals surface area contributed by atoms with Crippen molar-refractivity contribution < 1.29 is 18.7 Å². The topological polar surface area (TPSA) is 60.5 Å². The van der Waals surface area contributed by atoms with Crippen molar-refractivity contribution in [1.82, 2.24) is 4.98 Å². The van der Waals surface area contributed by atoms with Gasteiger partial charge in [-0.2, -0.15) is 4.39 Å². The molecule has 0 saturated heterocycles. The SMILES string of the molecule is COc1ccc(OC)c(NC(=O)c2ccc(F)nc2)c1. The first kappa shape index (κ1) is 13.8. The number of rotatable bonds is 4. The average molecular weight is 276 g/mol. The second-order valence-electron chi connectivity index (χ2n) is 3.89. The maximum atomic E-state index is 12.7. The summed E-state index contributed by atoms with van der Waals surface area (Å²) in [4.78, 5) is 15.5. The van der Waals surface area contributed by atoms with E-state index in [1.807, 2.05) is 0 Å². The first-order chi connectivity index (χ1) is 9.63. The summed E-state index contributed by atoms with van der Waals surface area (Å²) in [5.74, 6) is 0.0251. The number of carbonyl (C=O) groups is 1. The number of amides is 1. The average Bonchev–Trinajstić information content (AvgIpc) is 2.47. The highest BCUT2D eigenvalue weighted by Gasteiger charge is 2.11. The van der Waals surface area contributed by atoms with Crippen molar-refractivity contribution in [3.05, 3.63) is 48.0 Å². The molecule has 1 amide bonds. The van der Waals surface area contributed by atoms with Crippen LogP contribution in [0.3, 0.4) is 0 Å². The highest BCUT2D eigenvalue weighted by molar-refractivity contribution is 6.04. The zero-order valence-electron chi connectivity index (χ0n) is 11.0. The number of hydrogen-bond acceptors (Lipinski definition) is 4. The molecule has 0 aliphatic carbocycles. The fourth-order valence-corrected chi connectivity index (χ4v) is 1.62. The molecule has 0 fully saturated rings. The van der Waals surface area contributed by atoms with Crippen molar-refractivity contribution in [3.63, 3.8) is 0 Å². The molecule has 2 rings (SSSR count). The third-order valence-corrected chi connectivity index (χ3v) is 2.64. The number of anilines is 1. The van der Waals surface area contributed by atoms with E-state index in [4.69, 9.17) is 9.47 Å². The highest BCUT2D eigenvalue weighted by atomic mass is 19.1. The Morgan fingerprint density at radius 1 is 1.20 bits per heavy atom. The Hall–Kier alpha value is -2.63. The fraction of sp³-hybridized carbons (Fsp3) is 0.143. The van der Waals surface area contributed by atoms with E-state index in [2.05, 4.69) is 10.3 Å². The number of hydrogen-bond donors (Lipinski definition) is 1. The molecule has 1 aromatic heterocycles. The van der Waals surface area contributed by atoms with Gasteiger partial charge in [-0.15, -0.1) is 0 Å². The third-order valence-electron chi connectivity index (χ3n) is 2.64. The number of nitrogens with zero attached hydrogens (tertiary/aromatic N) is 1. The molecule has 1 heterocycles. The molecule has 0 saturated carbocycles. The number of ether oxygens (including phenoxy) is 2. The molecule has 0 aliphatic rings. The summed E-state index contributed by atoms with van der Waals surface area (Å²) in [6.45, 7) is 0. The highest BCUT2D eigenvalue weighted by Crippen LogP contribution is 2.29. The maximum absolute atomic E-state index is 12.7. The summed E-state index contributed by atoms with van der Waals surface area (Å²) in [7, 11) is 3.02. The summed E-state index contributed by atoms with van der Waals surface area (Å²) >= 11 is 0. The predicted octanol–water partition coefficient (Wildman–Crippen LogP) is 2.49. The molecular weight excluding hydrogens is 263 g/mol. The van der Waals surface area contributed by atoms with Crippen LogP contribution in [-0.4, -0.2) is 25.1 Å². The molecule has 1 N–H and O–H groups in total. The molecule has 20 heavy (non-hydrogen) atoms. The van der Waals surface area contributed by atoms with E-state index in [-0.39, 0.29) is 5.56 Å². The van der Waals surface area contributed by atoms with Crippen molar-refractivity contribution in [2.45, 2.75) is 0 Å². The van der Waals surface area contributed by atoms with Crippen LogP contribution in [0.5, 0.6) is 11.5 Å². The summed E-state index contributed by atoms with van der Waals surface area (Å²) in [6, 6.07) is 7.50. The Morgan fingerprint density at radius 3 is 2.60 bits per heavy atom. The number of pyridine rings is 1. The van der Waals surface area contributed by atoms with Crippen LogP contribution in [0.2, 0.25) is 0 Å². The first-order valence-corrected chi connectivity index (χ1v) is 5.79. The van der Waals surface area contributed by atoms with Gasteiger partial charge in [-0.1, -0.05) is 0 Å². The summed E-state index contributed by atoms with van der Waals surface area (Å²) in [5.41, 5.74) is 0.706. The van der Waals surface area contributed by atoms with Crippen LogP contribution in [0, 0.1) is 5.95 Å². The van der Waals surface area contributed by atoms with E-state index in [0.717, 1.165) is 12.3 Å². The maximum Gasteiger partial charge on any atom is 0.257 e. The zero-order valence-corrected chi connectivity index (χ0v) is 11.0. The van der Waals surface area contributed by atoms with Gasteiger partial charge in [0.05, 0.1) is 25.5 Å². The lowest BCUT2D eigenvalue weighted by molar-refractivity contribution is 0.102. The van der Waals surface area contributed by atoms with Gasteiger partial charge >= 0.3 is 0 Å². The van der Waals surface area contributed by atoms with Crippen molar-refractivity contribution in [2.75, 3.05) is 19.5 Å². The molecule has 0 atom stereocenters. The Labute approximate surface area is 115 Å². The molecule has 0 spiro atoms. The number of aromatic nitrogens is 1. The van der Waals surface area contributed by atoms with Crippen molar-refractivity contribution in [2.24, 2.45) is 0 Å². The van der Waals surface area contributed by atoms with Crippen molar-refractivity contribution in [1.29, 1.82) is 0 Å². The van der Waals surface area contributed by atoms with Crippen LogP contribution in [-0.2, 0) is 0 Å². The number of methoxy groups -OCH3 is 2. The largest absolute Gasteiger partial charge is 0.497 e. The van der Waals surface area contributed by atoms with Gasteiger partial charge in [-0.25, -0.2) is 4.98 Å². The summed E-state index contributed by atoms with van der Waals surface area (Å²) in [5, 5.41) is 2.67. The van der Waals surface area contributed by atoms with Crippen LogP contribution in [0.15, 0.2) is 36.5 Å². The number of carbonyl (C=O) groups excluding carboxylic acids is 1. The Bertz CT molecular complexity index is 614. The summed E-state index contributed by atoms with van der Waals surface area (Å²) < 4.78 is 23.0. The number of benzene rings is 1. The Balaban J connectivity index is 2.24. The minimum Gasteiger partial charge on any atom is -0.497 e. The molecule has 104 valence electrons. The molecule has 0 radical (unpaired) electrons. The minimum atomic E-state index is -0.638. The van der Waals surface area contributed by atoms with Crippen LogP contribution in [0.1, 0.15) is 10.4 Å². The molecule has 1 aromatic carbocycles. The quantitative estimate of drug-likeness (QED) is 0.871. The van der Waals surface area contributed by atoms with E-state index < -0.39 is 11.9 Å². The smallest absolute Gasteiger partial charge is 0.257 e. The second kappa shape index (κ2) is 6.01. The van der Waals surface area contributed by atoms with E-state index in [9.17, 15) is 9.18 Å². The molecular formula is C14H13FN2O3. The van der Waals surface area contributed by atoms with Crippen LogP contribution in [0.25, 0.3) is 0 Å². The lowest BCUT2D eigenvalue weighted by atomic mass is 10.2. The lowest BCUT2D eigenvalue weighted by Gasteiger charge is -2.11. The van der Waals surface area contributed by atoms with Crippen molar-refractivity contribution in [3.8, 4) is 11.5 Å². The van der Waals surface area contributed by atoms with Gasteiger partial charge in [0.2, 0.25) is 5.95 Å². The van der Waals surface area contributed by atoms with Gasteiger partial charge in [-0.05, 0) is 24.3 Å². The number of nitrogens with one attached hydrogen (secondary N) is 1. The van der Waals surface area contributed by atoms with Gasteiger partial charge in [0.15, 0.2) is 0 Å². The normalized spacial score (nSPS) is 9.95. The Kier molecular flexibility index (Phi) is 4.14. The standard InChI is InChI=1S/C14H13FN2O3/c1-19-10-4-5-12(20-2)11(7-10)17-14(18)9-3-6-13(15)16-8-9/h3-8H,1-2H3,(H,17,18). The molecule has 2 aromatic rings. The van der Waals surface area contributed by atoms with Crippen LogP contribution < -0.4 is 14.8 Å². The third kappa shape index (κ3) is 3.03. The summed E-state index contributed by atoms with van der Waals surface area (Å²) in [6.07, 6.45) is 1.16. The molecule has 5 nitrogen and oxygen atoms in total. The van der Waals surface area contributed by atoms with Gasteiger partial charge in [0, 0.05) is 12.3 Å². The van der Waals surface area contributed by atoms with E-state index >= 15 is 0 Å². The van der Waals surface area contributed by atoms with Crippen molar-refractivity contribution >= 4 is 11.6 Å². The molecule has 0 bridgehead atoms. The minimum absolute atomic E-state index is 0.247. The van der Waals surface area contributed by atoms with Crippen LogP contribution >= 0.6 is 0 Å². The second-order valence-corrected chi connectivity index (χ2v) is 3.89.